The Morgan fingerprint density at radius 2 is 2.29 bits per heavy atom. The average Bonchev–Trinajstić information content (AvgIpc) is 2.96. The fourth-order valence-electron chi connectivity index (χ4n) is 2.63. The van der Waals surface area contributed by atoms with Crippen LogP contribution in [0.25, 0.3) is 0 Å². The minimum Gasteiger partial charge on any atom is -0.465 e. The van der Waals surface area contributed by atoms with Gasteiger partial charge in [-0.2, -0.15) is 4.31 Å². The van der Waals surface area contributed by atoms with Gasteiger partial charge in [-0.3, -0.25) is 0 Å². The maximum atomic E-state index is 12.8. The van der Waals surface area contributed by atoms with Crippen LogP contribution >= 0.6 is 11.3 Å². The van der Waals surface area contributed by atoms with Crippen LogP contribution in [0.2, 0.25) is 0 Å². The van der Waals surface area contributed by atoms with Crippen LogP contribution < -0.4 is 5.73 Å². The topological polar surface area (TPSA) is 89.7 Å². The molecule has 1 saturated heterocycles. The van der Waals surface area contributed by atoms with Crippen LogP contribution in [-0.4, -0.2) is 44.9 Å². The van der Waals surface area contributed by atoms with Crippen molar-refractivity contribution in [2.24, 2.45) is 11.7 Å². The van der Waals surface area contributed by atoms with Crippen molar-refractivity contribution in [3.05, 3.63) is 16.3 Å². The predicted molar refractivity (Wildman–Crippen MR) is 80.8 cm³/mol. The molecule has 0 amide bonds. The third-order valence-electron chi connectivity index (χ3n) is 3.78. The van der Waals surface area contributed by atoms with Crippen LogP contribution in [0, 0.1) is 5.92 Å². The van der Waals surface area contributed by atoms with Crippen molar-refractivity contribution in [2.75, 3.05) is 20.2 Å². The molecule has 2 heterocycles. The first-order valence-corrected chi connectivity index (χ1v) is 9.11. The normalized spacial score (nSPS) is 24.0. The molecule has 0 aliphatic carbocycles. The number of nitrogens with two attached hydrogens (primary N) is 1. The van der Waals surface area contributed by atoms with Gasteiger partial charge in [-0.05, 0) is 30.2 Å². The van der Waals surface area contributed by atoms with Gasteiger partial charge in [-0.1, -0.05) is 6.92 Å². The summed E-state index contributed by atoms with van der Waals surface area (Å²) in [7, 11) is -2.49. The summed E-state index contributed by atoms with van der Waals surface area (Å²) in [6.45, 7) is 2.81. The number of hydrogen-bond donors (Lipinski definition) is 1. The highest BCUT2D eigenvalue weighted by molar-refractivity contribution is 7.89. The molecule has 1 fully saturated rings. The Labute approximate surface area is 128 Å². The summed E-state index contributed by atoms with van der Waals surface area (Å²) < 4.78 is 31.8. The summed E-state index contributed by atoms with van der Waals surface area (Å²) in [6, 6.07) is 1.24. The Bertz CT molecular complexity index is 611. The highest BCUT2D eigenvalue weighted by atomic mass is 32.2. The van der Waals surface area contributed by atoms with E-state index < -0.39 is 16.0 Å². The second-order valence-corrected chi connectivity index (χ2v) is 8.02. The molecule has 1 aliphatic rings. The lowest BCUT2D eigenvalue weighted by Gasteiger charge is -2.36. The van der Waals surface area contributed by atoms with Gasteiger partial charge in [0.15, 0.2) is 0 Å². The van der Waals surface area contributed by atoms with E-state index in [2.05, 4.69) is 11.7 Å². The number of nitrogens with zero attached hydrogens (tertiary/aromatic N) is 1. The monoisotopic (exact) mass is 332 g/mol. The molecule has 2 atom stereocenters. The second-order valence-electron chi connectivity index (χ2n) is 5.24. The number of methoxy groups -OCH3 is 1. The van der Waals surface area contributed by atoms with E-state index in [0.29, 0.717) is 12.5 Å². The Balaban J connectivity index is 2.38. The molecule has 0 aromatic carbocycles. The summed E-state index contributed by atoms with van der Waals surface area (Å²) in [4.78, 5) is 11.8. The van der Waals surface area contributed by atoms with Gasteiger partial charge in [-0.25, -0.2) is 13.2 Å². The molecule has 2 N–H and O–H groups in total. The predicted octanol–water partition coefficient (Wildman–Crippen LogP) is 1.28. The van der Waals surface area contributed by atoms with Gasteiger partial charge in [0.2, 0.25) is 10.0 Å². The van der Waals surface area contributed by atoms with Crippen LogP contribution in [-0.2, 0) is 14.8 Å². The van der Waals surface area contributed by atoms with Crippen LogP contribution in [0.3, 0.4) is 0 Å². The first-order chi connectivity index (χ1) is 9.91. The summed E-state index contributed by atoms with van der Waals surface area (Å²) in [5, 5.41) is 1.59. The zero-order chi connectivity index (χ0) is 15.6. The van der Waals surface area contributed by atoms with Gasteiger partial charge < -0.3 is 10.5 Å². The van der Waals surface area contributed by atoms with Crippen molar-refractivity contribution in [3.8, 4) is 0 Å². The first kappa shape index (κ1) is 16.4. The average molecular weight is 332 g/mol. The van der Waals surface area contributed by atoms with Crippen molar-refractivity contribution in [2.45, 2.75) is 30.7 Å². The second kappa shape index (κ2) is 6.43. The van der Waals surface area contributed by atoms with Crippen LogP contribution in [0.15, 0.2) is 16.3 Å². The smallest absolute Gasteiger partial charge is 0.349 e. The number of hydrogen-bond acceptors (Lipinski definition) is 6. The standard InChI is InChI=1S/C13H20N2O4S2/c1-9-3-5-15(10(7-9)8-14)21(17,18)11-4-6-20-12(11)13(16)19-2/h4,6,9-10H,3,5,7-8,14H2,1-2H3. The zero-order valence-electron chi connectivity index (χ0n) is 12.1. The highest BCUT2D eigenvalue weighted by Gasteiger charge is 2.37. The number of piperidine rings is 1. The summed E-state index contributed by atoms with van der Waals surface area (Å²) >= 11 is 1.07. The number of esters is 1. The molecule has 1 aromatic heterocycles. The molecule has 8 heteroatoms. The molecule has 21 heavy (non-hydrogen) atoms. The Morgan fingerprint density at radius 1 is 1.57 bits per heavy atom. The van der Waals surface area contributed by atoms with Crippen molar-refractivity contribution in [1.29, 1.82) is 0 Å². The van der Waals surface area contributed by atoms with Gasteiger partial charge in [0.25, 0.3) is 0 Å². The minimum atomic E-state index is -3.73. The molecule has 0 bridgehead atoms. The molecule has 0 saturated carbocycles. The number of sulfonamides is 1. The van der Waals surface area contributed by atoms with Crippen LogP contribution in [0.5, 0.6) is 0 Å². The highest BCUT2D eigenvalue weighted by Crippen LogP contribution is 2.31. The maximum Gasteiger partial charge on any atom is 0.349 e. The van der Waals surface area contributed by atoms with Gasteiger partial charge >= 0.3 is 5.97 Å². The molecular weight excluding hydrogens is 312 g/mol. The number of carbonyl (C=O) groups excluding carboxylic acids is 1. The Hall–Kier alpha value is -0.960. The van der Waals surface area contributed by atoms with E-state index in [-0.39, 0.29) is 22.4 Å². The third kappa shape index (κ3) is 3.13. The number of ether oxygens (including phenoxy) is 1. The Morgan fingerprint density at radius 3 is 2.90 bits per heavy atom. The Kier molecular flexibility index (Phi) is 5.03. The summed E-state index contributed by atoms with van der Waals surface area (Å²) in [5.41, 5.74) is 5.73. The molecule has 1 aliphatic heterocycles. The largest absolute Gasteiger partial charge is 0.465 e. The van der Waals surface area contributed by atoms with E-state index in [1.165, 1.54) is 17.5 Å². The molecule has 6 nitrogen and oxygen atoms in total. The molecule has 2 unspecified atom stereocenters. The lowest BCUT2D eigenvalue weighted by atomic mass is 9.94. The number of carbonyl (C=O) groups is 1. The summed E-state index contributed by atoms with van der Waals surface area (Å²) in [6.07, 6.45) is 1.54. The number of rotatable bonds is 4. The van der Waals surface area contributed by atoms with Gasteiger partial charge in [0, 0.05) is 19.1 Å². The lowest BCUT2D eigenvalue weighted by molar-refractivity contribution is 0.0602. The number of thiophene rings is 1. The van der Waals surface area contributed by atoms with Crippen LogP contribution in [0.4, 0.5) is 0 Å². The van der Waals surface area contributed by atoms with Gasteiger partial charge in [0.1, 0.15) is 9.77 Å². The molecule has 118 valence electrons. The SMILES string of the molecule is COC(=O)c1sccc1S(=O)(=O)N1CCC(C)CC1CN. The summed E-state index contributed by atoms with van der Waals surface area (Å²) in [5.74, 6) is -0.175. The quantitative estimate of drug-likeness (QED) is 0.839. The lowest BCUT2D eigenvalue weighted by Crippen LogP contribution is -2.49. The van der Waals surface area contributed by atoms with E-state index >= 15 is 0 Å². The van der Waals surface area contributed by atoms with Gasteiger partial charge in [0.05, 0.1) is 7.11 Å². The van der Waals surface area contributed by atoms with E-state index in [1.807, 2.05) is 0 Å². The molecule has 0 spiro atoms. The molecular formula is C13H20N2O4S2. The molecule has 2 rings (SSSR count). The third-order valence-corrected chi connectivity index (χ3v) is 6.80. The van der Waals surface area contributed by atoms with Crippen molar-refractivity contribution >= 4 is 27.3 Å². The van der Waals surface area contributed by atoms with Crippen molar-refractivity contribution in [3.63, 3.8) is 0 Å². The van der Waals surface area contributed by atoms with Crippen LogP contribution in [0.1, 0.15) is 29.4 Å². The van der Waals surface area contributed by atoms with Crippen molar-refractivity contribution < 1.29 is 17.9 Å². The fourth-order valence-corrected chi connectivity index (χ4v) is 5.60. The molecule has 1 aromatic rings. The first-order valence-electron chi connectivity index (χ1n) is 6.79. The maximum absolute atomic E-state index is 12.8. The molecule has 0 radical (unpaired) electrons. The fraction of sp³-hybridized carbons (Fsp3) is 0.615. The van der Waals surface area contributed by atoms with Gasteiger partial charge in [-0.15, -0.1) is 11.3 Å². The van der Waals surface area contributed by atoms with E-state index in [0.717, 1.165) is 24.2 Å². The van der Waals surface area contributed by atoms with E-state index in [4.69, 9.17) is 5.73 Å². The zero-order valence-corrected chi connectivity index (χ0v) is 13.7. The minimum absolute atomic E-state index is 0.0207. The van der Waals surface area contributed by atoms with Crippen molar-refractivity contribution in [1.82, 2.24) is 4.31 Å². The van der Waals surface area contributed by atoms with E-state index in [1.54, 1.807) is 5.38 Å². The van der Waals surface area contributed by atoms with E-state index in [9.17, 15) is 13.2 Å².